The molecule has 0 radical (unpaired) electrons. The molecule has 0 saturated carbocycles. The second kappa shape index (κ2) is 5.77. The van der Waals surface area contributed by atoms with Gasteiger partial charge in [0.1, 0.15) is 5.75 Å². The molecule has 0 heterocycles. The molecule has 0 aliphatic carbocycles. The molecule has 0 spiro atoms. The first-order chi connectivity index (χ1) is 9.76. The second-order valence-corrected chi connectivity index (χ2v) is 4.73. The normalized spacial score (nSPS) is 11.3. The molecule has 0 amide bonds. The van der Waals surface area contributed by atoms with Crippen molar-refractivity contribution in [2.75, 3.05) is 0 Å². The average Bonchev–Trinajstić information content (AvgIpc) is 2.36. The van der Waals surface area contributed by atoms with Crippen molar-refractivity contribution in [2.24, 2.45) is 0 Å². The first-order valence-corrected chi connectivity index (χ1v) is 6.31. The van der Waals surface area contributed by atoms with E-state index in [1.54, 1.807) is 18.2 Å². The lowest BCUT2D eigenvalue weighted by atomic mass is 10.0. The van der Waals surface area contributed by atoms with E-state index >= 15 is 0 Å². The number of rotatable bonds is 3. The fourth-order valence-electron chi connectivity index (χ4n) is 1.83. The first kappa shape index (κ1) is 15.4. The summed E-state index contributed by atoms with van der Waals surface area (Å²) in [5.74, 6) is -0.468. The van der Waals surface area contributed by atoms with Crippen molar-refractivity contribution >= 4 is 17.4 Å². The highest BCUT2D eigenvalue weighted by Crippen LogP contribution is 2.32. The summed E-state index contributed by atoms with van der Waals surface area (Å²) in [6, 6.07) is 10.1. The Balaban J connectivity index is 2.38. The number of alkyl halides is 3. The van der Waals surface area contributed by atoms with Gasteiger partial charge in [-0.3, -0.25) is 4.79 Å². The standard InChI is InChI=1S/C15H10ClF3O2/c1-9(20)10-5-6-13(14(16)8-10)11-3-2-4-12(7-11)21-15(17,18)19/h2-8H,1H3. The van der Waals surface area contributed by atoms with E-state index in [-0.39, 0.29) is 16.6 Å². The minimum Gasteiger partial charge on any atom is -0.406 e. The molecule has 0 aliphatic rings. The van der Waals surface area contributed by atoms with Gasteiger partial charge in [-0.1, -0.05) is 35.9 Å². The SMILES string of the molecule is CC(=O)c1ccc(-c2cccc(OC(F)(F)F)c2)c(Cl)c1. The van der Waals surface area contributed by atoms with Crippen LogP contribution in [0.2, 0.25) is 5.02 Å². The summed E-state index contributed by atoms with van der Waals surface area (Å²) in [4.78, 5) is 11.3. The molecule has 0 saturated heterocycles. The molecule has 2 aromatic carbocycles. The average molecular weight is 315 g/mol. The van der Waals surface area contributed by atoms with Gasteiger partial charge < -0.3 is 4.74 Å². The zero-order chi connectivity index (χ0) is 15.6. The molecular formula is C15H10ClF3O2. The zero-order valence-corrected chi connectivity index (χ0v) is 11.6. The maximum Gasteiger partial charge on any atom is 0.573 e. The third-order valence-corrected chi connectivity index (χ3v) is 3.07. The molecule has 0 unspecified atom stereocenters. The Kier molecular flexibility index (Phi) is 4.23. The fraction of sp³-hybridized carbons (Fsp3) is 0.133. The summed E-state index contributed by atoms with van der Waals surface area (Å²) in [7, 11) is 0. The molecule has 2 nitrogen and oxygen atoms in total. The van der Waals surface area contributed by atoms with Gasteiger partial charge in [0.15, 0.2) is 5.78 Å². The summed E-state index contributed by atoms with van der Waals surface area (Å²) < 4.78 is 40.5. The lowest BCUT2D eigenvalue weighted by molar-refractivity contribution is -0.274. The number of benzene rings is 2. The summed E-state index contributed by atoms with van der Waals surface area (Å²) >= 11 is 6.08. The predicted octanol–water partition coefficient (Wildman–Crippen LogP) is 5.11. The molecular weight excluding hydrogens is 305 g/mol. The topological polar surface area (TPSA) is 26.3 Å². The number of ether oxygens (including phenoxy) is 1. The van der Waals surface area contributed by atoms with E-state index in [0.29, 0.717) is 16.7 Å². The number of halogens is 4. The van der Waals surface area contributed by atoms with Gasteiger partial charge >= 0.3 is 6.36 Å². The van der Waals surface area contributed by atoms with Crippen LogP contribution in [0, 0.1) is 0 Å². The van der Waals surface area contributed by atoms with Gasteiger partial charge in [0, 0.05) is 16.1 Å². The first-order valence-electron chi connectivity index (χ1n) is 5.93. The Morgan fingerprint density at radius 3 is 2.43 bits per heavy atom. The summed E-state index contributed by atoms with van der Waals surface area (Å²) in [6.45, 7) is 1.41. The molecule has 0 fully saturated rings. The Hall–Kier alpha value is -2.01. The van der Waals surface area contributed by atoms with E-state index in [0.717, 1.165) is 0 Å². The number of Topliss-reactive ketones (excluding diaryl/α,β-unsaturated/α-hetero) is 1. The number of carbonyl (C=O) groups is 1. The Morgan fingerprint density at radius 1 is 1.14 bits per heavy atom. The molecule has 2 aromatic rings. The van der Waals surface area contributed by atoms with Crippen LogP contribution in [0.25, 0.3) is 11.1 Å². The van der Waals surface area contributed by atoms with Crippen molar-refractivity contribution in [3.05, 3.63) is 53.1 Å². The van der Waals surface area contributed by atoms with Gasteiger partial charge in [-0.2, -0.15) is 0 Å². The van der Waals surface area contributed by atoms with E-state index in [1.165, 1.54) is 31.2 Å². The maximum atomic E-state index is 12.2. The Morgan fingerprint density at radius 2 is 1.86 bits per heavy atom. The Labute approximate surface area is 124 Å². The monoisotopic (exact) mass is 314 g/mol. The number of hydrogen-bond donors (Lipinski definition) is 0. The fourth-order valence-corrected chi connectivity index (χ4v) is 2.12. The van der Waals surface area contributed by atoms with Crippen molar-refractivity contribution in [3.8, 4) is 16.9 Å². The van der Waals surface area contributed by atoms with Gasteiger partial charge in [0.2, 0.25) is 0 Å². The van der Waals surface area contributed by atoms with Crippen LogP contribution in [0.3, 0.4) is 0 Å². The smallest absolute Gasteiger partial charge is 0.406 e. The number of ketones is 1. The molecule has 6 heteroatoms. The number of carbonyl (C=O) groups excluding carboxylic acids is 1. The van der Waals surface area contributed by atoms with Crippen LogP contribution >= 0.6 is 11.6 Å². The molecule has 0 atom stereocenters. The molecule has 0 aromatic heterocycles. The van der Waals surface area contributed by atoms with Crippen molar-refractivity contribution in [1.29, 1.82) is 0 Å². The molecule has 21 heavy (non-hydrogen) atoms. The summed E-state index contributed by atoms with van der Waals surface area (Å²) in [6.07, 6.45) is -4.75. The summed E-state index contributed by atoms with van der Waals surface area (Å²) in [5.41, 5.74) is 1.43. The van der Waals surface area contributed by atoms with Gasteiger partial charge in [0.25, 0.3) is 0 Å². The van der Waals surface area contributed by atoms with Crippen LogP contribution in [-0.2, 0) is 0 Å². The highest BCUT2D eigenvalue weighted by molar-refractivity contribution is 6.33. The third kappa shape index (κ3) is 3.98. The predicted molar refractivity (Wildman–Crippen MR) is 73.6 cm³/mol. The van der Waals surface area contributed by atoms with E-state index in [9.17, 15) is 18.0 Å². The number of hydrogen-bond acceptors (Lipinski definition) is 2. The Bertz CT molecular complexity index is 681. The largest absolute Gasteiger partial charge is 0.573 e. The highest BCUT2D eigenvalue weighted by Gasteiger charge is 2.31. The molecule has 2 rings (SSSR count). The molecule has 0 N–H and O–H groups in total. The second-order valence-electron chi connectivity index (χ2n) is 4.33. The van der Waals surface area contributed by atoms with Crippen LogP contribution in [0.15, 0.2) is 42.5 Å². The van der Waals surface area contributed by atoms with E-state index < -0.39 is 6.36 Å². The zero-order valence-electron chi connectivity index (χ0n) is 10.9. The lowest BCUT2D eigenvalue weighted by Crippen LogP contribution is -2.17. The van der Waals surface area contributed by atoms with Crippen LogP contribution in [0.1, 0.15) is 17.3 Å². The van der Waals surface area contributed by atoms with Gasteiger partial charge in [0.05, 0.1) is 0 Å². The quantitative estimate of drug-likeness (QED) is 0.736. The highest BCUT2D eigenvalue weighted by atomic mass is 35.5. The van der Waals surface area contributed by atoms with Crippen molar-refractivity contribution < 1.29 is 22.7 Å². The van der Waals surface area contributed by atoms with E-state index in [2.05, 4.69) is 4.74 Å². The van der Waals surface area contributed by atoms with E-state index in [1.807, 2.05) is 0 Å². The van der Waals surface area contributed by atoms with Crippen LogP contribution in [0.4, 0.5) is 13.2 Å². The van der Waals surface area contributed by atoms with Gasteiger partial charge in [-0.25, -0.2) is 0 Å². The third-order valence-electron chi connectivity index (χ3n) is 2.75. The summed E-state index contributed by atoms with van der Waals surface area (Å²) in [5, 5.41) is 0.284. The van der Waals surface area contributed by atoms with Crippen LogP contribution in [-0.4, -0.2) is 12.1 Å². The molecule has 0 aliphatic heterocycles. The minimum absolute atomic E-state index is 0.141. The minimum atomic E-state index is -4.75. The lowest BCUT2D eigenvalue weighted by Gasteiger charge is -2.11. The van der Waals surface area contributed by atoms with Gasteiger partial charge in [-0.05, 0) is 30.7 Å². The van der Waals surface area contributed by atoms with Crippen molar-refractivity contribution in [3.63, 3.8) is 0 Å². The van der Waals surface area contributed by atoms with E-state index in [4.69, 9.17) is 11.6 Å². The van der Waals surface area contributed by atoms with Crippen LogP contribution < -0.4 is 4.74 Å². The molecule has 110 valence electrons. The molecule has 0 bridgehead atoms. The van der Waals surface area contributed by atoms with Crippen LogP contribution in [0.5, 0.6) is 5.75 Å². The van der Waals surface area contributed by atoms with Crippen molar-refractivity contribution in [2.45, 2.75) is 13.3 Å². The van der Waals surface area contributed by atoms with Gasteiger partial charge in [-0.15, -0.1) is 13.2 Å². The van der Waals surface area contributed by atoms with Crippen molar-refractivity contribution in [1.82, 2.24) is 0 Å². The maximum absolute atomic E-state index is 12.2.